The van der Waals surface area contributed by atoms with Gasteiger partial charge in [0.2, 0.25) is 5.91 Å². The Morgan fingerprint density at radius 3 is 2.68 bits per heavy atom. The average molecular weight is 537 g/mol. The Morgan fingerprint density at radius 2 is 2.00 bits per heavy atom. The lowest BCUT2D eigenvalue weighted by Gasteiger charge is -2.25. The first-order chi connectivity index (χ1) is 14.7. The molecule has 0 spiro atoms. The van der Waals surface area contributed by atoms with Gasteiger partial charge in [-0.2, -0.15) is 5.10 Å². The largest absolute Gasteiger partial charge is 0.356 e. The molecule has 1 aromatic carbocycles. The van der Waals surface area contributed by atoms with Gasteiger partial charge >= 0.3 is 0 Å². The van der Waals surface area contributed by atoms with Crippen molar-refractivity contribution >= 4 is 35.8 Å². The number of halogens is 1. The van der Waals surface area contributed by atoms with E-state index in [4.69, 9.17) is 0 Å². The van der Waals surface area contributed by atoms with Crippen molar-refractivity contribution in [1.82, 2.24) is 30.3 Å². The number of aryl methyl sites for hydroxylation is 2. The number of benzene rings is 1. The van der Waals surface area contributed by atoms with E-state index in [0.717, 1.165) is 62.9 Å². The first kappa shape index (κ1) is 23.5. The van der Waals surface area contributed by atoms with Gasteiger partial charge in [-0.15, -0.1) is 24.0 Å². The summed E-state index contributed by atoms with van der Waals surface area (Å²) in [5.74, 6) is 2.99. The van der Waals surface area contributed by atoms with Crippen LogP contribution in [-0.4, -0.2) is 51.2 Å². The second-order valence-electron chi connectivity index (χ2n) is 7.98. The maximum atomic E-state index is 12.5. The Bertz CT molecular complexity index is 901. The van der Waals surface area contributed by atoms with Crippen LogP contribution in [-0.2, 0) is 37.3 Å². The average Bonchev–Trinajstić information content (AvgIpc) is 3.39. The van der Waals surface area contributed by atoms with Crippen LogP contribution in [0.5, 0.6) is 0 Å². The molecule has 0 fully saturated rings. The Morgan fingerprint density at radius 1 is 1.26 bits per heavy atom. The number of nitrogens with one attached hydrogen (secondary N) is 2. The minimum atomic E-state index is 0. The van der Waals surface area contributed by atoms with Crippen LogP contribution >= 0.6 is 24.0 Å². The van der Waals surface area contributed by atoms with Crippen LogP contribution in [0.15, 0.2) is 29.3 Å². The summed E-state index contributed by atoms with van der Waals surface area (Å²) in [5.41, 5.74) is 2.53. The third-order valence-corrected chi connectivity index (χ3v) is 5.84. The minimum absolute atomic E-state index is 0. The van der Waals surface area contributed by atoms with Gasteiger partial charge < -0.3 is 15.5 Å². The molecule has 2 N–H and O–H groups in total. The van der Waals surface area contributed by atoms with Crippen LogP contribution in [0.1, 0.15) is 49.0 Å². The van der Waals surface area contributed by atoms with Crippen molar-refractivity contribution < 1.29 is 4.79 Å². The molecule has 0 bridgehead atoms. The molecule has 1 aromatic heterocycles. The third kappa shape index (κ3) is 5.75. The lowest BCUT2D eigenvalue weighted by Crippen LogP contribution is -2.47. The van der Waals surface area contributed by atoms with Crippen molar-refractivity contribution in [1.29, 1.82) is 0 Å². The zero-order chi connectivity index (χ0) is 20.9. The molecule has 1 amide bonds. The summed E-state index contributed by atoms with van der Waals surface area (Å²) in [5, 5.41) is 11.4. The molecule has 0 saturated carbocycles. The normalized spacial score (nSPS) is 17.5. The summed E-state index contributed by atoms with van der Waals surface area (Å²) in [4.78, 5) is 23.4. The first-order valence-electron chi connectivity index (χ1n) is 10.9. The number of carbonyl (C=O) groups is 1. The summed E-state index contributed by atoms with van der Waals surface area (Å²) < 4.78 is 2.01. The molecule has 4 rings (SSSR count). The highest BCUT2D eigenvalue weighted by Gasteiger charge is 2.23. The summed E-state index contributed by atoms with van der Waals surface area (Å²) in [6.45, 7) is 5.06. The number of rotatable bonds is 6. The van der Waals surface area contributed by atoms with E-state index in [9.17, 15) is 4.79 Å². The maximum Gasteiger partial charge on any atom is 0.223 e. The van der Waals surface area contributed by atoms with Gasteiger partial charge in [-0.05, 0) is 24.0 Å². The molecular formula is C22H32IN7O. The number of nitrogens with zero attached hydrogens (tertiary/aromatic N) is 5. The van der Waals surface area contributed by atoms with Crippen LogP contribution in [0.4, 0.5) is 0 Å². The highest BCUT2D eigenvalue weighted by molar-refractivity contribution is 14.0. The van der Waals surface area contributed by atoms with E-state index in [1.54, 1.807) is 7.05 Å². The Labute approximate surface area is 200 Å². The van der Waals surface area contributed by atoms with Crippen LogP contribution in [0.25, 0.3) is 0 Å². The smallest absolute Gasteiger partial charge is 0.223 e. The maximum absolute atomic E-state index is 12.5. The van der Waals surface area contributed by atoms with E-state index < -0.39 is 0 Å². The van der Waals surface area contributed by atoms with Crippen molar-refractivity contribution in [3.8, 4) is 0 Å². The topological polar surface area (TPSA) is 87.4 Å². The number of amides is 1. The summed E-state index contributed by atoms with van der Waals surface area (Å²) >= 11 is 0. The SMILES string of the molecule is CCc1nc2n(n1)CC(NC(=NC)NCCCC(=O)N1Cc3ccccc3C1)CC2.I. The molecule has 31 heavy (non-hydrogen) atoms. The summed E-state index contributed by atoms with van der Waals surface area (Å²) in [7, 11) is 1.78. The molecule has 9 heteroatoms. The molecule has 0 radical (unpaired) electrons. The standard InChI is InChI=1S/C22H31N7O.HI/c1-3-19-26-20-11-10-18(15-29(20)27-19)25-22(23-2)24-12-6-9-21(30)28-13-16-7-4-5-8-17(16)14-28;/h4-5,7-8,18H,3,6,9-15H2,1-2H3,(H2,23,24,25);1H. The van der Waals surface area contributed by atoms with Gasteiger partial charge in [-0.1, -0.05) is 31.2 Å². The Kier molecular flexibility index (Phi) is 8.28. The predicted molar refractivity (Wildman–Crippen MR) is 131 cm³/mol. The highest BCUT2D eigenvalue weighted by Crippen LogP contribution is 2.22. The van der Waals surface area contributed by atoms with Crippen molar-refractivity contribution in [2.45, 2.75) is 64.7 Å². The number of guanidine groups is 1. The van der Waals surface area contributed by atoms with Crippen molar-refractivity contribution in [3.63, 3.8) is 0 Å². The molecule has 2 aromatic rings. The van der Waals surface area contributed by atoms with Gasteiger partial charge in [0.05, 0.1) is 6.54 Å². The fourth-order valence-corrected chi connectivity index (χ4v) is 4.13. The molecular weight excluding hydrogens is 505 g/mol. The van der Waals surface area contributed by atoms with E-state index >= 15 is 0 Å². The number of hydrogen-bond donors (Lipinski definition) is 2. The molecule has 3 heterocycles. The molecule has 0 aliphatic carbocycles. The lowest BCUT2D eigenvalue weighted by atomic mass is 10.1. The predicted octanol–water partition coefficient (Wildman–Crippen LogP) is 2.26. The van der Waals surface area contributed by atoms with Gasteiger partial charge in [-0.3, -0.25) is 9.79 Å². The monoisotopic (exact) mass is 537 g/mol. The molecule has 8 nitrogen and oxygen atoms in total. The number of hydrogen-bond acceptors (Lipinski definition) is 4. The number of carbonyl (C=O) groups excluding carboxylic acids is 1. The van der Waals surface area contributed by atoms with Gasteiger partial charge in [0, 0.05) is 52.0 Å². The van der Waals surface area contributed by atoms with Crippen LogP contribution in [0.2, 0.25) is 0 Å². The second-order valence-corrected chi connectivity index (χ2v) is 7.98. The molecule has 0 saturated heterocycles. The fraction of sp³-hybridized carbons (Fsp3) is 0.545. The zero-order valence-corrected chi connectivity index (χ0v) is 20.6. The van der Waals surface area contributed by atoms with Gasteiger partial charge in [0.1, 0.15) is 5.82 Å². The fourth-order valence-electron chi connectivity index (χ4n) is 4.13. The Hall–Kier alpha value is -2.17. The molecule has 1 atom stereocenters. The van der Waals surface area contributed by atoms with Crippen LogP contribution in [0.3, 0.4) is 0 Å². The van der Waals surface area contributed by atoms with Crippen molar-refractivity contribution in [3.05, 3.63) is 47.0 Å². The third-order valence-electron chi connectivity index (χ3n) is 5.84. The van der Waals surface area contributed by atoms with E-state index in [-0.39, 0.29) is 35.9 Å². The van der Waals surface area contributed by atoms with Gasteiger partial charge in [-0.25, -0.2) is 9.67 Å². The van der Waals surface area contributed by atoms with Gasteiger partial charge in [0.15, 0.2) is 11.8 Å². The van der Waals surface area contributed by atoms with Gasteiger partial charge in [0.25, 0.3) is 0 Å². The summed E-state index contributed by atoms with van der Waals surface area (Å²) in [6.07, 6.45) is 4.13. The molecule has 1 unspecified atom stereocenters. The van der Waals surface area contributed by atoms with E-state index in [1.165, 1.54) is 11.1 Å². The van der Waals surface area contributed by atoms with Crippen LogP contribution in [0, 0.1) is 0 Å². The van der Waals surface area contributed by atoms with E-state index in [2.05, 4.69) is 44.8 Å². The van der Waals surface area contributed by atoms with E-state index in [0.29, 0.717) is 13.0 Å². The number of aliphatic imine (C=N–C) groups is 1. The minimum Gasteiger partial charge on any atom is -0.356 e. The zero-order valence-electron chi connectivity index (χ0n) is 18.3. The Balaban J connectivity index is 0.00000272. The summed E-state index contributed by atoms with van der Waals surface area (Å²) in [6, 6.07) is 8.56. The first-order valence-corrected chi connectivity index (χ1v) is 10.9. The second kappa shape index (κ2) is 10.9. The van der Waals surface area contributed by atoms with E-state index in [1.807, 2.05) is 21.7 Å². The van der Waals surface area contributed by atoms with Crippen molar-refractivity contribution in [2.75, 3.05) is 13.6 Å². The molecule has 2 aliphatic heterocycles. The number of fused-ring (bicyclic) bond motifs is 2. The quantitative estimate of drug-likeness (QED) is 0.256. The lowest BCUT2D eigenvalue weighted by molar-refractivity contribution is -0.131. The number of aromatic nitrogens is 3. The molecule has 168 valence electrons. The van der Waals surface area contributed by atoms with Crippen LogP contribution < -0.4 is 10.6 Å². The molecule has 2 aliphatic rings. The highest BCUT2D eigenvalue weighted by atomic mass is 127. The van der Waals surface area contributed by atoms with Crippen molar-refractivity contribution in [2.24, 2.45) is 4.99 Å².